The molecule has 1 saturated carbocycles. The minimum Gasteiger partial charge on any atom is -0.508 e. The molecule has 1 aliphatic carbocycles. The van der Waals surface area contributed by atoms with Crippen molar-refractivity contribution in [2.45, 2.75) is 37.3 Å². The highest BCUT2D eigenvalue weighted by Gasteiger charge is 2.54. The third kappa shape index (κ3) is 1.75. The first kappa shape index (κ1) is 12.5. The van der Waals surface area contributed by atoms with Gasteiger partial charge in [0, 0.05) is 12.1 Å². The molecule has 2 atom stereocenters. The topological polar surface area (TPSA) is 45.9 Å². The summed E-state index contributed by atoms with van der Waals surface area (Å²) in [6.07, 6.45) is 5.05. The molecule has 4 rings (SSSR count). The molecule has 0 amide bonds. The van der Waals surface area contributed by atoms with Crippen molar-refractivity contribution in [1.82, 2.24) is 0 Å². The molecule has 2 heterocycles. The summed E-state index contributed by atoms with van der Waals surface area (Å²) in [6.45, 7) is 3.91. The van der Waals surface area contributed by atoms with Crippen LogP contribution in [0.3, 0.4) is 0 Å². The second-order valence-electron chi connectivity index (χ2n) is 6.38. The number of hydrogen-bond donors (Lipinski definition) is 3. The standard InChI is InChI=1S/C16H22N2O2/c19-12-4-5-15-13(11-12)14-3-1-2-6-16(14,17-15)18-7-9-20-10-8-18/h4-5,11,14,17,19H,1-3,6-10H2/p+1/t14-,16+/m1/s1. The number of quaternary nitrogens is 1. The summed E-state index contributed by atoms with van der Waals surface area (Å²) in [6, 6.07) is 5.82. The van der Waals surface area contributed by atoms with Crippen LogP contribution in [0.4, 0.5) is 5.69 Å². The van der Waals surface area contributed by atoms with Gasteiger partial charge in [-0.3, -0.25) is 0 Å². The summed E-state index contributed by atoms with van der Waals surface area (Å²) in [5, 5.41) is 13.7. The van der Waals surface area contributed by atoms with Crippen molar-refractivity contribution in [3.63, 3.8) is 0 Å². The van der Waals surface area contributed by atoms with Gasteiger partial charge >= 0.3 is 0 Å². The maximum absolute atomic E-state index is 9.83. The lowest BCUT2D eigenvalue weighted by molar-refractivity contribution is -0.958. The molecule has 4 heteroatoms. The summed E-state index contributed by atoms with van der Waals surface area (Å²) in [4.78, 5) is 1.64. The molecule has 20 heavy (non-hydrogen) atoms. The van der Waals surface area contributed by atoms with Crippen LogP contribution in [-0.2, 0) is 4.74 Å². The molecule has 108 valence electrons. The zero-order valence-corrected chi connectivity index (χ0v) is 11.8. The highest BCUT2D eigenvalue weighted by Crippen LogP contribution is 2.48. The van der Waals surface area contributed by atoms with Gasteiger partial charge in [0.1, 0.15) is 18.8 Å². The van der Waals surface area contributed by atoms with Gasteiger partial charge in [0.05, 0.1) is 19.1 Å². The van der Waals surface area contributed by atoms with Gasteiger partial charge < -0.3 is 20.1 Å². The Labute approximate surface area is 119 Å². The maximum Gasteiger partial charge on any atom is 0.178 e. The largest absolute Gasteiger partial charge is 0.508 e. The molecule has 0 bridgehead atoms. The first-order valence-corrected chi connectivity index (χ1v) is 7.84. The number of nitrogens with one attached hydrogen (secondary N) is 2. The molecule has 2 aliphatic heterocycles. The molecule has 1 aromatic carbocycles. The van der Waals surface area contributed by atoms with E-state index in [0.717, 1.165) is 26.3 Å². The van der Waals surface area contributed by atoms with Gasteiger partial charge in [0.15, 0.2) is 5.66 Å². The average Bonchev–Trinajstić information content (AvgIpc) is 2.83. The van der Waals surface area contributed by atoms with Crippen LogP contribution in [0.2, 0.25) is 0 Å². The maximum atomic E-state index is 9.83. The smallest absolute Gasteiger partial charge is 0.178 e. The predicted octanol–water partition coefficient (Wildman–Crippen LogP) is 1.09. The Kier molecular flexibility index (Phi) is 2.89. The van der Waals surface area contributed by atoms with Crippen molar-refractivity contribution < 1.29 is 14.7 Å². The van der Waals surface area contributed by atoms with E-state index in [1.807, 2.05) is 12.1 Å². The van der Waals surface area contributed by atoms with E-state index < -0.39 is 0 Å². The normalized spacial score (nSPS) is 33.3. The second-order valence-corrected chi connectivity index (χ2v) is 6.38. The van der Waals surface area contributed by atoms with Crippen LogP contribution in [0.15, 0.2) is 18.2 Å². The quantitative estimate of drug-likeness (QED) is 0.672. The van der Waals surface area contributed by atoms with Crippen LogP contribution >= 0.6 is 0 Å². The molecule has 0 aromatic heterocycles. The monoisotopic (exact) mass is 275 g/mol. The Morgan fingerprint density at radius 2 is 2.10 bits per heavy atom. The van der Waals surface area contributed by atoms with Gasteiger partial charge in [-0.15, -0.1) is 0 Å². The number of rotatable bonds is 1. The van der Waals surface area contributed by atoms with E-state index in [2.05, 4.69) is 5.32 Å². The van der Waals surface area contributed by atoms with E-state index in [-0.39, 0.29) is 5.66 Å². The zero-order chi connectivity index (χ0) is 13.6. The minimum absolute atomic E-state index is 0.137. The lowest BCUT2D eigenvalue weighted by Gasteiger charge is -2.46. The molecule has 3 N–H and O–H groups in total. The minimum atomic E-state index is 0.137. The van der Waals surface area contributed by atoms with Crippen LogP contribution in [-0.4, -0.2) is 37.1 Å². The lowest BCUT2D eigenvalue weighted by atomic mass is 9.76. The van der Waals surface area contributed by atoms with Crippen LogP contribution in [0.5, 0.6) is 5.75 Å². The highest BCUT2D eigenvalue weighted by molar-refractivity contribution is 5.62. The fourth-order valence-electron chi connectivity index (χ4n) is 4.51. The fraction of sp³-hybridized carbons (Fsp3) is 0.625. The summed E-state index contributed by atoms with van der Waals surface area (Å²) in [5.74, 6) is 0.926. The third-order valence-corrected chi connectivity index (χ3v) is 5.40. The summed E-state index contributed by atoms with van der Waals surface area (Å²) < 4.78 is 5.54. The van der Waals surface area contributed by atoms with Crippen molar-refractivity contribution in [1.29, 1.82) is 0 Å². The van der Waals surface area contributed by atoms with E-state index in [1.165, 1.54) is 36.9 Å². The summed E-state index contributed by atoms with van der Waals surface area (Å²) in [5.41, 5.74) is 2.69. The number of morpholine rings is 1. The molecular formula is C16H23N2O2+. The van der Waals surface area contributed by atoms with E-state index >= 15 is 0 Å². The number of fused-ring (bicyclic) bond motifs is 3. The molecule has 0 spiro atoms. The Hall–Kier alpha value is -1.26. The molecule has 1 saturated heterocycles. The first-order valence-electron chi connectivity index (χ1n) is 7.84. The molecule has 0 radical (unpaired) electrons. The van der Waals surface area contributed by atoms with Crippen molar-refractivity contribution in [3.8, 4) is 5.75 Å². The molecule has 4 nitrogen and oxygen atoms in total. The van der Waals surface area contributed by atoms with Crippen molar-refractivity contribution in [3.05, 3.63) is 23.8 Å². The number of ether oxygens (including phenoxy) is 1. The summed E-state index contributed by atoms with van der Waals surface area (Å²) >= 11 is 0. The van der Waals surface area contributed by atoms with Crippen LogP contribution in [0.25, 0.3) is 0 Å². The number of benzene rings is 1. The Morgan fingerprint density at radius 1 is 1.25 bits per heavy atom. The van der Waals surface area contributed by atoms with Crippen LogP contribution in [0.1, 0.15) is 37.2 Å². The SMILES string of the molecule is Oc1ccc2c(c1)[C@H]1CCCC[C@@]1([NH+]1CCOCC1)N2. The second kappa shape index (κ2) is 4.64. The molecule has 1 aromatic rings. The lowest BCUT2D eigenvalue weighted by Crippen LogP contribution is -3.23. The third-order valence-electron chi connectivity index (χ3n) is 5.40. The Morgan fingerprint density at radius 3 is 2.95 bits per heavy atom. The molecule has 2 fully saturated rings. The first-order chi connectivity index (χ1) is 9.79. The van der Waals surface area contributed by atoms with Gasteiger partial charge in [-0.1, -0.05) is 6.42 Å². The van der Waals surface area contributed by atoms with Gasteiger partial charge in [0.25, 0.3) is 0 Å². The van der Waals surface area contributed by atoms with Crippen molar-refractivity contribution >= 4 is 5.69 Å². The van der Waals surface area contributed by atoms with Gasteiger partial charge in [-0.05, 0) is 36.6 Å². The van der Waals surface area contributed by atoms with Crippen LogP contribution < -0.4 is 10.2 Å². The van der Waals surface area contributed by atoms with Gasteiger partial charge in [-0.25, -0.2) is 0 Å². The van der Waals surface area contributed by atoms with Gasteiger partial charge in [-0.2, -0.15) is 0 Å². The Bertz CT molecular complexity index is 513. The number of phenols is 1. The van der Waals surface area contributed by atoms with E-state index in [1.54, 1.807) is 11.0 Å². The Balaban J connectivity index is 1.74. The number of aromatic hydroxyl groups is 1. The number of phenolic OH excluding ortho intramolecular Hbond substituents is 1. The summed E-state index contributed by atoms with van der Waals surface area (Å²) in [7, 11) is 0. The fourth-order valence-corrected chi connectivity index (χ4v) is 4.51. The van der Waals surface area contributed by atoms with E-state index in [4.69, 9.17) is 4.74 Å². The van der Waals surface area contributed by atoms with Crippen LogP contribution in [0, 0.1) is 0 Å². The number of hydrogen-bond acceptors (Lipinski definition) is 3. The number of anilines is 1. The molecule has 0 unspecified atom stereocenters. The molecule has 3 aliphatic rings. The predicted molar refractivity (Wildman–Crippen MR) is 77.2 cm³/mol. The van der Waals surface area contributed by atoms with Crippen molar-refractivity contribution in [2.24, 2.45) is 0 Å². The van der Waals surface area contributed by atoms with E-state index in [0.29, 0.717) is 11.7 Å². The molecular weight excluding hydrogens is 252 g/mol. The van der Waals surface area contributed by atoms with Gasteiger partial charge in [0.2, 0.25) is 0 Å². The zero-order valence-electron chi connectivity index (χ0n) is 11.8. The van der Waals surface area contributed by atoms with E-state index in [9.17, 15) is 5.11 Å². The average molecular weight is 275 g/mol. The van der Waals surface area contributed by atoms with Crippen molar-refractivity contribution in [2.75, 3.05) is 31.6 Å². The highest BCUT2D eigenvalue weighted by atomic mass is 16.5.